The lowest BCUT2D eigenvalue weighted by Gasteiger charge is -2.29. The predicted octanol–water partition coefficient (Wildman–Crippen LogP) is 4.10. The van der Waals surface area contributed by atoms with E-state index in [9.17, 15) is 9.59 Å². The lowest BCUT2D eigenvalue weighted by molar-refractivity contribution is -0.125. The Balaban J connectivity index is 1.84. The number of benzene rings is 2. The van der Waals surface area contributed by atoms with E-state index in [1.165, 1.54) is 0 Å². The van der Waals surface area contributed by atoms with Crippen molar-refractivity contribution >= 4 is 11.6 Å². The summed E-state index contributed by atoms with van der Waals surface area (Å²) >= 11 is 0. The van der Waals surface area contributed by atoms with Crippen molar-refractivity contribution in [3.05, 3.63) is 71.8 Å². The van der Waals surface area contributed by atoms with E-state index in [-0.39, 0.29) is 23.4 Å². The quantitative estimate of drug-likeness (QED) is 0.795. The molecule has 2 aromatic rings. The highest BCUT2D eigenvalue weighted by Crippen LogP contribution is 2.32. The van der Waals surface area contributed by atoms with Crippen molar-refractivity contribution in [2.45, 2.75) is 25.7 Å². The third kappa shape index (κ3) is 3.16. The van der Waals surface area contributed by atoms with E-state index in [4.69, 9.17) is 0 Å². The molecule has 1 saturated carbocycles. The minimum atomic E-state index is -0.177. The highest BCUT2D eigenvalue weighted by Gasteiger charge is 2.36. The van der Waals surface area contributed by atoms with E-state index in [0.29, 0.717) is 12.8 Å². The fraction of sp³-hybridized carbons (Fsp3) is 0.300. The maximum atomic E-state index is 12.8. The second-order valence-electron chi connectivity index (χ2n) is 5.99. The van der Waals surface area contributed by atoms with Gasteiger partial charge in [-0.3, -0.25) is 9.59 Å². The molecular weight excluding hydrogens is 272 g/mol. The summed E-state index contributed by atoms with van der Waals surface area (Å²) in [6.45, 7) is 0. The minimum absolute atomic E-state index is 0.120. The van der Waals surface area contributed by atoms with Gasteiger partial charge in [-0.25, -0.2) is 0 Å². The Kier molecular flexibility index (Phi) is 4.47. The van der Waals surface area contributed by atoms with Gasteiger partial charge in [0, 0.05) is 23.8 Å². The van der Waals surface area contributed by atoms with Crippen molar-refractivity contribution in [2.75, 3.05) is 0 Å². The van der Waals surface area contributed by atoms with Gasteiger partial charge in [0.2, 0.25) is 0 Å². The summed E-state index contributed by atoms with van der Waals surface area (Å²) in [4.78, 5) is 25.2. The molecule has 0 spiro atoms. The number of hydrogen-bond donors (Lipinski definition) is 0. The molecule has 22 heavy (non-hydrogen) atoms. The molecule has 112 valence electrons. The number of carbonyl (C=O) groups excluding carboxylic acids is 2. The molecule has 2 heteroatoms. The van der Waals surface area contributed by atoms with Crippen LogP contribution in [0.5, 0.6) is 0 Å². The van der Waals surface area contributed by atoms with Crippen LogP contribution in [0.25, 0.3) is 0 Å². The summed E-state index contributed by atoms with van der Waals surface area (Å²) in [5.74, 6) is 0.00618. The highest BCUT2D eigenvalue weighted by molar-refractivity contribution is 6.01. The van der Waals surface area contributed by atoms with Crippen molar-refractivity contribution in [2.24, 2.45) is 11.8 Å². The Hall–Kier alpha value is -2.22. The first-order valence-electron chi connectivity index (χ1n) is 7.91. The third-order valence-corrected chi connectivity index (χ3v) is 4.53. The molecule has 0 unspecified atom stereocenters. The van der Waals surface area contributed by atoms with E-state index in [1.807, 2.05) is 60.7 Å². The van der Waals surface area contributed by atoms with E-state index in [0.717, 1.165) is 24.0 Å². The van der Waals surface area contributed by atoms with Crippen LogP contribution < -0.4 is 0 Å². The summed E-state index contributed by atoms with van der Waals surface area (Å²) in [5.41, 5.74) is 1.86. The molecule has 0 amide bonds. The first-order valence-corrected chi connectivity index (χ1v) is 7.91. The SMILES string of the molecule is O=C1CCC[C@@H](C(=O)c2ccccc2)[C@@H]1Cc1ccccc1. The summed E-state index contributed by atoms with van der Waals surface area (Å²) in [6, 6.07) is 19.4. The van der Waals surface area contributed by atoms with E-state index < -0.39 is 0 Å². The van der Waals surface area contributed by atoms with Crippen LogP contribution in [-0.2, 0) is 11.2 Å². The summed E-state index contributed by atoms with van der Waals surface area (Å²) < 4.78 is 0. The number of carbonyl (C=O) groups is 2. The molecule has 2 aromatic carbocycles. The van der Waals surface area contributed by atoms with Gasteiger partial charge in [0.15, 0.2) is 5.78 Å². The Morgan fingerprint density at radius 3 is 2.27 bits per heavy atom. The molecule has 1 aliphatic carbocycles. The van der Waals surface area contributed by atoms with Crippen LogP contribution in [0.4, 0.5) is 0 Å². The van der Waals surface area contributed by atoms with Gasteiger partial charge >= 0.3 is 0 Å². The van der Waals surface area contributed by atoms with Crippen LogP contribution in [-0.4, -0.2) is 11.6 Å². The summed E-state index contributed by atoms with van der Waals surface area (Å²) in [7, 11) is 0. The van der Waals surface area contributed by atoms with E-state index in [1.54, 1.807) is 0 Å². The van der Waals surface area contributed by atoms with Gasteiger partial charge in [-0.15, -0.1) is 0 Å². The zero-order chi connectivity index (χ0) is 15.4. The fourth-order valence-electron chi connectivity index (χ4n) is 3.36. The van der Waals surface area contributed by atoms with Gasteiger partial charge in [-0.2, -0.15) is 0 Å². The van der Waals surface area contributed by atoms with Crippen LogP contribution in [0.15, 0.2) is 60.7 Å². The molecule has 2 atom stereocenters. The topological polar surface area (TPSA) is 34.1 Å². The largest absolute Gasteiger partial charge is 0.299 e. The number of Topliss-reactive ketones (excluding diaryl/α,β-unsaturated/α-hetero) is 2. The normalized spacial score (nSPS) is 21.5. The molecule has 0 saturated heterocycles. The molecular formula is C20H20O2. The highest BCUT2D eigenvalue weighted by atomic mass is 16.1. The van der Waals surface area contributed by atoms with Crippen LogP contribution in [0, 0.1) is 11.8 Å². The molecule has 1 aliphatic rings. The molecule has 0 aromatic heterocycles. The first kappa shape index (κ1) is 14.7. The van der Waals surface area contributed by atoms with E-state index in [2.05, 4.69) is 0 Å². The van der Waals surface area contributed by atoms with Gasteiger partial charge in [-0.05, 0) is 24.8 Å². The third-order valence-electron chi connectivity index (χ3n) is 4.53. The Labute approximate surface area is 131 Å². The number of hydrogen-bond acceptors (Lipinski definition) is 2. The van der Waals surface area contributed by atoms with Crippen LogP contribution in [0.2, 0.25) is 0 Å². The molecule has 0 N–H and O–H groups in total. The molecule has 0 bridgehead atoms. The molecule has 0 aliphatic heterocycles. The van der Waals surface area contributed by atoms with Gasteiger partial charge in [0.1, 0.15) is 5.78 Å². The summed E-state index contributed by atoms with van der Waals surface area (Å²) in [6.07, 6.45) is 2.92. The van der Waals surface area contributed by atoms with Crippen molar-refractivity contribution in [1.82, 2.24) is 0 Å². The van der Waals surface area contributed by atoms with Crippen molar-refractivity contribution in [3.63, 3.8) is 0 Å². The molecule has 0 heterocycles. The molecule has 2 nitrogen and oxygen atoms in total. The lowest BCUT2D eigenvalue weighted by Crippen LogP contribution is -2.35. The predicted molar refractivity (Wildman–Crippen MR) is 86.8 cm³/mol. The fourth-order valence-corrected chi connectivity index (χ4v) is 3.36. The number of ketones is 2. The zero-order valence-corrected chi connectivity index (χ0v) is 12.6. The second-order valence-corrected chi connectivity index (χ2v) is 5.99. The van der Waals surface area contributed by atoms with Crippen LogP contribution in [0.1, 0.15) is 35.2 Å². The zero-order valence-electron chi connectivity index (χ0n) is 12.6. The van der Waals surface area contributed by atoms with Gasteiger partial charge in [0.05, 0.1) is 0 Å². The first-order chi connectivity index (χ1) is 10.8. The van der Waals surface area contributed by atoms with Crippen molar-refractivity contribution in [3.8, 4) is 0 Å². The van der Waals surface area contributed by atoms with Gasteiger partial charge < -0.3 is 0 Å². The standard InChI is InChI=1S/C20H20O2/c21-19-13-7-12-17(20(22)16-10-5-2-6-11-16)18(19)14-15-8-3-1-4-9-15/h1-6,8-11,17-18H,7,12-14H2/t17-,18+/m1/s1. The average Bonchev–Trinajstić information content (AvgIpc) is 2.58. The van der Waals surface area contributed by atoms with Crippen molar-refractivity contribution < 1.29 is 9.59 Å². The molecule has 0 radical (unpaired) electrons. The van der Waals surface area contributed by atoms with Crippen molar-refractivity contribution in [1.29, 1.82) is 0 Å². The Bertz CT molecular complexity index is 646. The summed E-state index contributed by atoms with van der Waals surface area (Å²) in [5, 5.41) is 0. The maximum absolute atomic E-state index is 12.8. The monoisotopic (exact) mass is 292 g/mol. The van der Waals surface area contributed by atoms with Gasteiger partial charge in [0.25, 0.3) is 0 Å². The van der Waals surface area contributed by atoms with E-state index >= 15 is 0 Å². The smallest absolute Gasteiger partial charge is 0.166 e. The van der Waals surface area contributed by atoms with Crippen LogP contribution in [0.3, 0.4) is 0 Å². The maximum Gasteiger partial charge on any atom is 0.166 e. The lowest BCUT2D eigenvalue weighted by atomic mass is 9.72. The molecule has 1 fully saturated rings. The average molecular weight is 292 g/mol. The Morgan fingerprint density at radius 1 is 0.955 bits per heavy atom. The molecule has 3 rings (SSSR count). The number of rotatable bonds is 4. The van der Waals surface area contributed by atoms with Gasteiger partial charge in [-0.1, -0.05) is 60.7 Å². The minimum Gasteiger partial charge on any atom is -0.299 e. The second kappa shape index (κ2) is 6.69. The van der Waals surface area contributed by atoms with Crippen LogP contribution >= 0.6 is 0 Å². The Morgan fingerprint density at radius 2 is 1.59 bits per heavy atom.